The van der Waals surface area contributed by atoms with Crippen molar-refractivity contribution in [3.63, 3.8) is 0 Å². The Hall–Kier alpha value is -2.85. The van der Waals surface area contributed by atoms with Crippen LogP contribution in [0.2, 0.25) is 0 Å². The molecule has 3 N–H and O–H groups in total. The highest BCUT2D eigenvalue weighted by Gasteiger charge is 2.33. The molecule has 182 valence electrons. The third-order valence-corrected chi connectivity index (χ3v) is 8.34. The molecule has 2 aromatic carbocycles. The Bertz CT molecular complexity index is 1420. The number of nitrogens with zero attached hydrogens (tertiary/aromatic N) is 3. The average Bonchev–Trinajstić information content (AvgIpc) is 3.55. The van der Waals surface area contributed by atoms with Crippen molar-refractivity contribution >= 4 is 32.4 Å². The predicted molar refractivity (Wildman–Crippen MR) is 135 cm³/mol. The Labute approximate surface area is 206 Å². The van der Waals surface area contributed by atoms with Crippen LogP contribution in [-0.2, 0) is 5.60 Å². The van der Waals surface area contributed by atoms with Crippen LogP contribution < -0.4 is 10.6 Å². The van der Waals surface area contributed by atoms with E-state index in [1.165, 1.54) is 17.4 Å². The largest absolute Gasteiger partial charge is 0.384 e. The van der Waals surface area contributed by atoms with Gasteiger partial charge < -0.3 is 20.6 Å². The van der Waals surface area contributed by atoms with Gasteiger partial charge in [-0.2, -0.15) is 0 Å². The molecule has 0 radical (unpaired) electrons. The minimum atomic E-state index is -1.03. The molecule has 2 aromatic heterocycles. The van der Waals surface area contributed by atoms with Crippen LogP contribution >= 0.6 is 11.3 Å². The summed E-state index contributed by atoms with van der Waals surface area (Å²) in [4.78, 5) is 20.5. The molecule has 4 aromatic rings. The SMILES string of the molecule is CN1CCC(NC(=O)c2ccc3c(c2)sc2nc(-c4ccc(C5(O)CCNC5)cc4F)cn23)CC1. The topological polar surface area (TPSA) is 81.9 Å². The standard InChI is InChI=1S/C26H28FN5O2S/c1-31-10-6-18(7-11-31)29-24(33)16-2-5-22-23(12-16)35-25-30-21(14-32(22)25)19-4-3-17(13-20(19)27)26(34)8-9-28-15-26/h2-5,12-14,18,28,34H,6-11,15H2,1H3,(H,29,33). The van der Waals surface area contributed by atoms with Crippen LogP contribution in [0.25, 0.3) is 26.4 Å². The van der Waals surface area contributed by atoms with Gasteiger partial charge in [-0.3, -0.25) is 9.20 Å². The van der Waals surface area contributed by atoms with Gasteiger partial charge in [0.25, 0.3) is 5.91 Å². The predicted octanol–water partition coefficient (Wildman–Crippen LogP) is 3.36. The molecule has 1 amide bonds. The number of carbonyl (C=O) groups excluding carboxylic acids is 1. The van der Waals surface area contributed by atoms with Crippen LogP contribution in [0.3, 0.4) is 0 Å². The molecule has 2 fully saturated rings. The summed E-state index contributed by atoms with van der Waals surface area (Å²) in [5.41, 5.74) is 2.08. The van der Waals surface area contributed by atoms with Crippen molar-refractivity contribution < 1.29 is 14.3 Å². The molecule has 9 heteroatoms. The van der Waals surface area contributed by atoms with E-state index < -0.39 is 11.4 Å². The molecule has 0 saturated carbocycles. The van der Waals surface area contributed by atoms with Gasteiger partial charge in [0, 0.05) is 29.9 Å². The van der Waals surface area contributed by atoms with E-state index >= 15 is 4.39 Å². The first-order valence-corrected chi connectivity index (χ1v) is 12.9. The van der Waals surface area contributed by atoms with Gasteiger partial charge in [-0.05, 0) is 81.8 Å². The first kappa shape index (κ1) is 22.6. The van der Waals surface area contributed by atoms with E-state index in [1.807, 2.05) is 28.8 Å². The van der Waals surface area contributed by atoms with Gasteiger partial charge in [0.2, 0.25) is 0 Å². The molecule has 2 saturated heterocycles. The maximum atomic E-state index is 15.0. The number of likely N-dealkylation sites (tertiary alicyclic amines) is 1. The monoisotopic (exact) mass is 493 g/mol. The normalized spacial score (nSPS) is 21.8. The molecule has 6 rings (SSSR count). The molecule has 7 nitrogen and oxygen atoms in total. The zero-order chi connectivity index (χ0) is 24.2. The molecule has 2 aliphatic rings. The second-order valence-electron chi connectivity index (χ2n) is 9.77. The summed E-state index contributed by atoms with van der Waals surface area (Å²) in [6, 6.07) is 10.8. The minimum absolute atomic E-state index is 0.0468. The number of hydrogen-bond donors (Lipinski definition) is 3. The van der Waals surface area contributed by atoms with Crippen LogP contribution in [0.1, 0.15) is 35.2 Å². The first-order chi connectivity index (χ1) is 16.9. The number of aromatic nitrogens is 2. The zero-order valence-corrected chi connectivity index (χ0v) is 20.4. The van der Waals surface area contributed by atoms with Gasteiger partial charge in [-0.15, -0.1) is 0 Å². The van der Waals surface area contributed by atoms with E-state index in [2.05, 4.69) is 27.6 Å². The van der Waals surface area contributed by atoms with E-state index in [0.717, 1.165) is 41.1 Å². The average molecular weight is 494 g/mol. The van der Waals surface area contributed by atoms with Gasteiger partial charge in [0.05, 0.1) is 15.9 Å². The summed E-state index contributed by atoms with van der Waals surface area (Å²) in [7, 11) is 2.10. The Morgan fingerprint density at radius 1 is 1.26 bits per heavy atom. The number of hydrogen-bond acceptors (Lipinski definition) is 6. The van der Waals surface area contributed by atoms with Gasteiger partial charge in [0.1, 0.15) is 11.4 Å². The number of imidazole rings is 1. The molecule has 1 atom stereocenters. The van der Waals surface area contributed by atoms with Crippen molar-refractivity contribution in [1.82, 2.24) is 24.9 Å². The second kappa shape index (κ2) is 8.67. The van der Waals surface area contributed by atoms with Crippen molar-refractivity contribution in [3.05, 3.63) is 59.5 Å². The Morgan fingerprint density at radius 2 is 2.09 bits per heavy atom. The van der Waals surface area contributed by atoms with E-state index in [-0.39, 0.29) is 11.9 Å². The van der Waals surface area contributed by atoms with Crippen LogP contribution in [0.5, 0.6) is 0 Å². The summed E-state index contributed by atoms with van der Waals surface area (Å²) in [6.45, 7) is 3.13. The molecule has 4 heterocycles. The molecule has 35 heavy (non-hydrogen) atoms. The number of carbonyl (C=O) groups is 1. The number of aliphatic hydroxyl groups is 1. The highest BCUT2D eigenvalue weighted by Crippen LogP contribution is 2.34. The summed E-state index contributed by atoms with van der Waals surface area (Å²) in [6.07, 6.45) is 4.33. The lowest BCUT2D eigenvalue weighted by atomic mass is 9.92. The summed E-state index contributed by atoms with van der Waals surface area (Å²) in [5, 5.41) is 17.0. The Balaban J connectivity index is 1.25. The van der Waals surface area contributed by atoms with Crippen LogP contribution in [0.4, 0.5) is 4.39 Å². The Kier molecular flexibility index (Phi) is 5.60. The molecule has 0 bridgehead atoms. The molecule has 2 aliphatic heterocycles. The van der Waals surface area contributed by atoms with Crippen LogP contribution in [0.15, 0.2) is 42.6 Å². The van der Waals surface area contributed by atoms with Crippen molar-refractivity contribution in [2.75, 3.05) is 33.2 Å². The van der Waals surface area contributed by atoms with Gasteiger partial charge in [-0.1, -0.05) is 17.4 Å². The summed E-state index contributed by atoms with van der Waals surface area (Å²) in [5.74, 6) is -0.444. The fraction of sp³-hybridized carbons (Fsp3) is 0.385. The highest BCUT2D eigenvalue weighted by molar-refractivity contribution is 7.23. The summed E-state index contributed by atoms with van der Waals surface area (Å²) < 4.78 is 17.9. The van der Waals surface area contributed by atoms with E-state index in [9.17, 15) is 9.90 Å². The van der Waals surface area contributed by atoms with Gasteiger partial charge >= 0.3 is 0 Å². The van der Waals surface area contributed by atoms with E-state index in [1.54, 1.807) is 12.1 Å². The third-order valence-electron chi connectivity index (χ3n) is 7.33. The van der Waals surface area contributed by atoms with Crippen molar-refractivity contribution in [1.29, 1.82) is 0 Å². The maximum Gasteiger partial charge on any atom is 0.251 e. The third kappa shape index (κ3) is 4.12. The quantitative estimate of drug-likeness (QED) is 0.406. The lowest BCUT2D eigenvalue weighted by molar-refractivity contribution is 0.0584. The first-order valence-electron chi connectivity index (χ1n) is 12.0. The number of rotatable bonds is 4. The zero-order valence-electron chi connectivity index (χ0n) is 19.6. The fourth-order valence-corrected chi connectivity index (χ4v) is 6.18. The highest BCUT2D eigenvalue weighted by atomic mass is 32.1. The second-order valence-corrected chi connectivity index (χ2v) is 10.8. The smallest absolute Gasteiger partial charge is 0.251 e. The van der Waals surface area contributed by atoms with Crippen molar-refractivity contribution in [3.8, 4) is 11.3 Å². The van der Waals surface area contributed by atoms with Crippen molar-refractivity contribution in [2.45, 2.75) is 30.9 Å². The Morgan fingerprint density at radius 3 is 2.83 bits per heavy atom. The number of halogens is 1. The van der Waals surface area contributed by atoms with Gasteiger partial charge in [0.15, 0.2) is 4.96 Å². The number of thiazole rings is 1. The lowest BCUT2D eigenvalue weighted by Crippen LogP contribution is -2.43. The maximum absolute atomic E-state index is 15.0. The number of piperidine rings is 1. The molecule has 0 aliphatic carbocycles. The number of β-amino-alcohol motifs (C(OH)–C–C–N with tert-alkyl or cyclic N) is 1. The lowest BCUT2D eigenvalue weighted by Gasteiger charge is -2.29. The van der Waals surface area contributed by atoms with E-state index in [0.29, 0.717) is 41.9 Å². The molecule has 0 spiro atoms. The molecule has 1 unspecified atom stereocenters. The molecular formula is C26H28FN5O2S. The number of benzene rings is 2. The molecular weight excluding hydrogens is 465 g/mol. The fourth-order valence-electron chi connectivity index (χ4n) is 5.13. The summed E-state index contributed by atoms with van der Waals surface area (Å²) >= 11 is 1.48. The number of amides is 1. The minimum Gasteiger partial charge on any atom is -0.384 e. The van der Waals surface area contributed by atoms with Crippen molar-refractivity contribution in [2.24, 2.45) is 0 Å². The van der Waals surface area contributed by atoms with Crippen LogP contribution in [0, 0.1) is 5.82 Å². The van der Waals surface area contributed by atoms with E-state index in [4.69, 9.17) is 0 Å². The number of fused-ring (bicyclic) bond motifs is 3. The number of nitrogens with one attached hydrogen (secondary N) is 2. The van der Waals surface area contributed by atoms with Crippen LogP contribution in [-0.4, -0.2) is 64.6 Å². The van der Waals surface area contributed by atoms with Gasteiger partial charge in [-0.25, -0.2) is 9.37 Å².